The third-order valence-electron chi connectivity index (χ3n) is 5.29. The van der Waals surface area contributed by atoms with Gasteiger partial charge in [-0.3, -0.25) is 9.78 Å². The molecule has 0 spiro atoms. The van der Waals surface area contributed by atoms with E-state index in [0.717, 1.165) is 28.6 Å². The SMILES string of the molecule is CCc1cc2cc(C(=O)C3CCN(C(=O)OC(C)(C)C)CC3)ccc2nc1C. The molecule has 5 nitrogen and oxygen atoms in total. The van der Waals surface area contributed by atoms with Crippen LogP contribution in [0.4, 0.5) is 4.79 Å². The first-order valence-corrected chi connectivity index (χ1v) is 10.1. The minimum atomic E-state index is -0.501. The first kappa shape index (κ1) is 20.3. The van der Waals surface area contributed by atoms with Gasteiger partial charge in [-0.1, -0.05) is 6.92 Å². The van der Waals surface area contributed by atoms with Crippen LogP contribution in [0, 0.1) is 12.8 Å². The van der Waals surface area contributed by atoms with Crippen molar-refractivity contribution in [2.45, 2.75) is 59.5 Å². The lowest BCUT2D eigenvalue weighted by Crippen LogP contribution is -2.43. The lowest BCUT2D eigenvalue weighted by atomic mass is 9.88. The zero-order chi connectivity index (χ0) is 20.5. The van der Waals surface area contributed by atoms with E-state index in [1.54, 1.807) is 4.90 Å². The molecule has 0 N–H and O–H groups in total. The zero-order valence-corrected chi connectivity index (χ0v) is 17.5. The van der Waals surface area contributed by atoms with E-state index < -0.39 is 5.60 Å². The average Bonchev–Trinajstić information content (AvgIpc) is 2.65. The Labute approximate surface area is 167 Å². The topological polar surface area (TPSA) is 59.5 Å². The summed E-state index contributed by atoms with van der Waals surface area (Å²) in [6, 6.07) is 7.91. The molecule has 0 saturated carbocycles. The van der Waals surface area contributed by atoms with Gasteiger partial charge in [0.05, 0.1) is 5.52 Å². The van der Waals surface area contributed by atoms with Crippen molar-refractivity contribution in [1.29, 1.82) is 0 Å². The van der Waals surface area contributed by atoms with Crippen LogP contribution in [-0.4, -0.2) is 40.5 Å². The van der Waals surface area contributed by atoms with Crippen LogP contribution in [0.25, 0.3) is 10.9 Å². The summed E-state index contributed by atoms with van der Waals surface area (Å²) in [7, 11) is 0. The number of hydrogen-bond acceptors (Lipinski definition) is 4. The van der Waals surface area contributed by atoms with Gasteiger partial charge in [0.2, 0.25) is 0 Å². The summed E-state index contributed by atoms with van der Waals surface area (Å²) in [6.07, 6.45) is 1.97. The molecule has 1 aromatic heterocycles. The number of hydrogen-bond donors (Lipinski definition) is 0. The molecule has 0 aliphatic carbocycles. The third-order valence-corrected chi connectivity index (χ3v) is 5.29. The highest BCUT2D eigenvalue weighted by molar-refractivity contribution is 6.01. The number of Topliss-reactive ketones (excluding diaryl/α,β-unsaturated/α-hetero) is 1. The lowest BCUT2D eigenvalue weighted by Gasteiger charge is -2.33. The van der Waals surface area contributed by atoms with Gasteiger partial charge in [0, 0.05) is 35.7 Å². The van der Waals surface area contributed by atoms with Crippen molar-refractivity contribution in [3.63, 3.8) is 0 Å². The molecule has 0 unspecified atom stereocenters. The molecule has 28 heavy (non-hydrogen) atoms. The van der Waals surface area contributed by atoms with E-state index in [2.05, 4.69) is 18.0 Å². The Morgan fingerprint density at radius 2 is 1.86 bits per heavy atom. The fraction of sp³-hybridized carbons (Fsp3) is 0.522. The third kappa shape index (κ3) is 4.51. The monoisotopic (exact) mass is 382 g/mol. The largest absolute Gasteiger partial charge is 0.444 e. The minimum absolute atomic E-state index is 0.0554. The number of rotatable bonds is 3. The quantitative estimate of drug-likeness (QED) is 0.706. The zero-order valence-electron chi connectivity index (χ0n) is 17.5. The standard InChI is InChI=1S/C23H30N2O3/c1-6-16-13-19-14-18(7-8-20(19)24-15(16)2)21(26)17-9-11-25(12-10-17)22(27)28-23(3,4)5/h7-8,13-14,17H,6,9-12H2,1-5H3. The molecule has 150 valence electrons. The summed E-state index contributed by atoms with van der Waals surface area (Å²) in [6.45, 7) is 10.8. The molecule has 1 saturated heterocycles. The molecule has 2 heterocycles. The molecule has 0 atom stereocenters. The van der Waals surface area contributed by atoms with Crippen LogP contribution >= 0.6 is 0 Å². The number of pyridine rings is 1. The molecule has 1 aromatic carbocycles. The van der Waals surface area contributed by atoms with Crippen LogP contribution < -0.4 is 0 Å². The number of carbonyl (C=O) groups excluding carboxylic acids is 2. The Kier molecular flexibility index (Phi) is 5.73. The molecular weight excluding hydrogens is 352 g/mol. The number of likely N-dealkylation sites (tertiary alicyclic amines) is 1. The predicted octanol–water partition coefficient (Wildman–Crippen LogP) is 4.94. The van der Waals surface area contributed by atoms with E-state index in [4.69, 9.17) is 4.74 Å². The van der Waals surface area contributed by atoms with E-state index in [-0.39, 0.29) is 17.8 Å². The Morgan fingerprint density at radius 3 is 2.46 bits per heavy atom. The molecule has 3 rings (SSSR count). The molecule has 0 bridgehead atoms. The summed E-state index contributed by atoms with van der Waals surface area (Å²) in [5.74, 6) is 0.101. The van der Waals surface area contributed by atoms with Crippen molar-refractivity contribution in [2.75, 3.05) is 13.1 Å². The molecule has 1 amide bonds. The maximum absolute atomic E-state index is 13.0. The number of benzene rings is 1. The second kappa shape index (κ2) is 7.90. The maximum Gasteiger partial charge on any atom is 0.410 e. The highest BCUT2D eigenvalue weighted by Gasteiger charge is 2.30. The molecule has 1 fully saturated rings. The van der Waals surface area contributed by atoms with Crippen LogP contribution in [-0.2, 0) is 11.2 Å². The van der Waals surface area contributed by atoms with E-state index in [0.29, 0.717) is 25.9 Å². The van der Waals surface area contributed by atoms with Gasteiger partial charge in [0.15, 0.2) is 5.78 Å². The lowest BCUT2D eigenvalue weighted by molar-refractivity contribution is 0.0182. The van der Waals surface area contributed by atoms with Gasteiger partial charge in [-0.05, 0) is 76.8 Å². The Morgan fingerprint density at radius 1 is 1.18 bits per heavy atom. The smallest absolute Gasteiger partial charge is 0.410 e. The van der Waals surface area contributed by atoms with Crippen molar-refractivity contribution >= 4 is 22.8 Å². The number of nitrogens with zero attached hydrogens (tertiary/aromatic N) is 2. The van der Waals surface area contributed by atoms with E-state index in [1.807, 2.05) is 45.9 Å². The second-order valence-electron chi connectivity index (χ2n) is 8.60. The second-order valence-corrected chi connectivity index (χ2v) is 8.60. The van der Waals surface area contributed by atoms with Crippen molar-refractivity contribution < 1.29 is 14.3 Å². The summed E-state index contributed by atoms with van der Waals surface area (Å²) in [4.78, 5) is 31.6. The number of aromatic nitrogens is 1. The highest BCUT2D eigenvalue weighted by Crippen LogP contribution is 2.25. The van der Waals surface area contributed by atoms with E-state index in [9.17, 15) is 9.59 Å². The fourth-order valence-electron chi connectivity index (χ4n) is 3.71. The van der Waals surface area contributed by atoms with Gasteiger partial charge in [0.1, 0.15) is 5.60 Å². The number of carbonyl (C=O) groups is 2. The predicted molar refractivity (Wildman–Crippen MR) is 111 cm³/mol. The molecule has 0 radical (unpaired) electrons. The molecule has 1 aliphatic heterocycles. The van der Waals surface area contributed by atoms with Crippen molar-refractivity contribution in [3.8, 4) is 0 Å². The van der Waals surface area contributed by atoms with Crippen LogP contribution in [0.5, 0.6) is 0 Å². The molecule has 5 heteroatoms. The van der Waals surface area contributed by atoms with Crippen LogP contribution in [0.2, 0.25) is 0 Å². The Hall–Kier alpha value is -2.43. The number of ketones is 1. The summed E-state index contributed by atoms with van der Waals surface area (Å²) in [5, 5.41) is 1.01. The number of aryl methyl sites for hydroxylation is 2. The summed E-state index contributed by atoms with van der Waals surface area (Å²) < 4.78 is 5.43. The summed E-state index contributed by atoms with van der Waals surface area (Å²) in [5.41, 5.74) is 3.41. The van der Waals surface area contributed by atoms with Gasteiger partial charge in [-0.25, -0.2) is 4.79 Å². The van der Waals surface area contributed by atoms with Gasteiger partial charge >= 0.3 is 6.09 Å². The molecule has 2 aromatic rings. The van der Waals surface area contributed by atoms with E-state index in [1.165, 1.54) is 5.56 Å². The first-order valence-electron chi connectivity index (χ1n) is 10.1. The van der Waals surface area contributed by atoms with Gasteiger partial charge < -0.3 is 9.64 Å². The van der Waals surface area contributed by atoms with Crippen molar-refractivity contribution in [1.82, 2.24) is 9.88 Å². The van der Waals surface area contributed by atoms with Gasteiger partial charge in [-0.15, -0.1) is 0 Å². The number of amides is 1. The minimum Gasteiger partial charge on any atom is -0.444 e. The molecule has 1 aliphatic rings. The Balaban J connectivity index is 1.69. The van der Waals surface area contributed by atoms with Gasteiger partial charge in [0.25, 0.3) is 0 Å². The van der Waals surface area contributed by atoms with Crippen LogP contribution in [0.3, 0.4) is 0 Å². The van der Waals surface area contributed by atoms with Crippen LogP contribution in [0.1, 0.15) is 62.2 Å². The van der Waals surface area contributed by atoms with Crippen molar-refractivity contribution in [2.24, 2.45) is 5.92 Å². The normalized spacial score (nSPS) is 15.7. The number of fused-ring (bicyclic) bond motifs is 1. The van der Waals surface area contributed by atoms with E-state index >= 15 is 0 Å². The Bertz CT molecular complexity index is 891. The molecular formula is C23H30N2O3. The highest BCUT2D eigenvalue weighted by atomic mass is 16.6. The van der Waals surface area contributed by atoms with Crippen LogP contribution in [0.15, 0.2) is 24.3 Å². The average molecular weight is 383 g/mol. The maximum atomic E-state index is 13.0. The van der Waals surface area contributed by atoms with Crippen molar-refractivity contribution in [3.05, 3.63) is 41.1 Å². The fourth-order valence-corrected chi connectivity index (χ4v) is 3.71. The summed E-state index contributed by atoms with van der Waals surface area (Å²) >= 11 is 0. The van der Waals surface area contributed by atoms with Gasteiger partial charge in [-0.2, -0.15) is 0 Å². The number of piperidine rings is 1. The first-order chi connectivity index (χ1) is 13.2. The number of ether oxygens (including phenoxy) is 1.